The van der Waals surface area contributed by atoms with Gasteiger partial charge in [-0.1, -0.05) is 72.1 Å². The Labute approximate surface area is 227 Å². The monoisotopic (exact) mass is 504 g/mol. The van der Waals surface area contributed by atoms with Crippen LogP contribution in [0.4, 0.5) is 0 Å². The van der Waals surface area contributed by atoms with Gasteiger partial charge in [0.2, 0.25) is 0 Å². The summed E-state index contributed by atoms with van der Waals surface area (Å²) >= 11 is 0. The third-order valence-electron chi connectivity index (χ3n) is 11.5. The molecule has 0 aliphatic heterocycles. The number of carbonyl (C=O) groups is 1. The minimum Gasteiger partial charge on any atom is -0.462 e. The van der Waals surface area contributed by atoms with Gasteiger partial charge in [-0.05, 0) is 121 Å². The molecule has 1 aromatic rings. The molecule has 2 nitrogen and oxygen atoms in total. The fourth-order valence-corrected chi connectivity index (χ4v) is 8.60. The van der Waals surface area contributed by atoms with E-state index in [1.54, 1.807) is 16.7 Å². The Morgan fingerprint density at radius 1 is 0.973 bits per heavy atom. The smallest absolute Gasteiger partial charge is 0.309 e. The third kappa shape index (κ3) is 5.20. The van der Waals surface area contributed by atoms with E-state index in [2.05, 4.69) is 59.8 Å². The second-order valence-corrected chi connectivity index (χ2v) is 13.9. The van der Waals surface area contributed by atoms with Crippen molar-refractivity contribution in [2.75, 3.05) is 0 Å². The van der Waals surface area contributed by atoms with Crippen LogP contribution in [0, 0.1) is 41.9 Å². The van der Waals surface area contributed by atoms with Crippen LogP contribution >= 0.6 is 0 Å². The van der Waals surface area contributed by atoms with Crippen molar-refractivity contribution < 1.29 is 9.53 Å². The molecule has 4 aliphatic carbocycles. The Morgan fingerprint density at radius 2 is 1.73 bits per heavy atom. The molecule has 0 heterocycles. The largest absolute Gasteiger partial charge is 0.462 e. The van der Waals surface area contributed by atoms with Crippen LogP contribution in [0.2, 0.25) is 0 Å². The molecule has 2 saturated carbocycles. The Morgan fingerprint density at radius 3 is 2.46 bits per heavy atom. The number of hydrogen-bond donors (Lipinski definition) is 0. The highest BCUT2D eigenvalue weighted by Gasteiger charge is 2.51. The van der Waals surface area contributed by atoms with E-state index in [-0.39, 0.29) is 18.0 Å². The predicted molar refractivity (Wildman–Crippen MR) is 154 cm³/mol. The number of ether oxygens (including phenoxy) is 1. The first-order chi connectivity index (χ1) is 17.7. The number of esters is 1. The highest BCUT2D eigenvalue weighted by atomic mass is 16.5. The van der Waals surface area contributed by atoms with Crippen LogP contribution in [0.1, 0.15) is 126 Å². The van der Waals surface area contributed by atoms with Crippen molar-refractivity contribution in [3.63, 3.8) is 0 Å². The number of benzene rings is 1. The molecular weight excluding hydrogens is 452 g/mol. The third-order valence-corrected chi connectivity index (χ3v) is 11.5. The number of aryl methyl sites for hydroxylation is 1. The summed E-state index contributed by atoms with van der Waals surface area (Å²) < 4.78 is 6.12. The molecule has 6 atom stereocenters. The Balaban J connectivity index is 1.32. The van der Waals surface area contributed by atoms with Crippen molar-refractivity contribution in [2.24, 2.45) is 35.0 Å². The lowest BCUT2D eigenvalue weighted by atomic mass is 9.60. The van der Waals surface area contributed by atoms with E-state index < -0.39 is 0 Å². The van der Waals surface area contributed by atoms with Crippen molar-refractivity contribution in [3.8, 4) is 0 Å². The average molecular weight is 505 g/mol. The van der Waals surface area contributed by atoms with E-state index in [0.717, 1.165) is 38.0 Å². The van der Waals surface area contributed by atoms with E-state index >= 15 is 0 Å². The zero-order chi connectivity index (χ0) is 26.3. The summed E-state index contributed by atoms with van der Waals surface area (Å²) in [4.78, 5) is 12.8. The zero-order valence-electron chi connectivity index (χ0n) is 24.6. The molecule has 4 aliphatic rings. The Hall–Kier alpha value is -1.57. The molecule has 2 fully saturated rings. The molecule has 0 saturated heterocycles. The van der Waals surface area contributed by atoms with Crippen LogP contribution < -0.4 is 0 Å². The van der Waals surface area contributed by atoms with Crippen LogP contribution in [0.15, 0.2) is 18.2 Å². The fourth-order valence-electron chi connectivity index (χ4n) is 8.60. The SMILES string of the molecule is Cc1c2c(cc3c1CC[C@]1(C)[C@@H]([C@H](C)/C=C/[C@H](C)C(C)C)CC[C@@H]31)CCC(OC(=O)C1CCCCC1)C2. The van der Waals surface area contributed by atoms with Gasteiger partial charge in [-0.2, -0.15) is 0 Å². The van der Waals surface area contributed by atoms with E-state index in [9.17, 15) is 4.79 Å². The minimum atomic E-state index is 0.0734. The zero-order valence-corrected chi connectivity index (χ0v) is 24.6. The fraction of sp³-hybridized carbons (Fsp3) is 0.743. The average Bonchev–Trinajstić information content (AvgIpc) is 3.25. The van der Waals surface area contributed by atoms with Crippen LogP contribution in [-0.2, 0) is 28.8 Å². The van der Waals surface area contributed by atoms with Crippen molar-refractivity contribution in [1.29, 1.82) is 0 Å². The van der Waals surface area contributed by atoms with Crippen molar-refractivity contribution in [2.45, 2.75) is 131 Å². The van der Waals surface area contributed by atoms with Crippen LogP contribution in [0.25, 0.3) is 0 Å². The van der Waals surface area contributed by atoms with E-state index in [1.807, 2.05) is 0 Å². The Bertz CT molecular complexity index is 1010. The van der Waals surface area contributed by atoms with E-state index in [0.29, 0.717) is 29.1 Å². The molecule has 0 radical (unpaired) electrons. The predicted octanol–water partition coefficient (Wildman–Crippen LogP) is 8.91. The van der Waals surface area contributed by atoms with E-state index in [1.165, 1.54) is 56.1 Å². The molecule has 0 spiro atoms. The molecule has 204 valence electrons. The number of carbonyl (C=O) groups excluding carboxylic acids is 1. The second kappa shape index (κ2) is 10.9. The summed E-state index contributed by atoms with van der Waals surface area (Å²) in [6.07, 6.45) is 19.0. The maximum Gasteiger partial charge on any atom is 0.309 e. The molecule has 0 bridgehead atoms. The van der Waals surface area contributed by atoms with Gasteiger partial charge in [0.15, 0.2) is 0 Å². The molecule has 0 N–H and O–H groups in total. The molecule has 1 aromatic carbocycles. The lowest BCUT2D eigenvalue weighted by Gasteiger charge is -2.45. The quantitative estimate of drug-likeness (QED) is 0.285. The first-order valence-electron chi connectivity index (χ1n) is 15.7. The highest BCUT2D eigenvalue weighted by Crippen LogP contribution is 2.61. The molecule has 5 rings (SSSR count). The van der Waals surface area contributed by atoms with Crippen molar-refractivity contribution in [1.82, 2.24) is 0 Å². The van der Waals surface area contributed by atoms with Gasteiger partial charge in [0.05, 0.1) is 5.92 Å². The van der Waals surface area contributed by atoms with Crippen molar-refractivity contribution in [3.05, 3.63) is 46.0 Å². The molecule has 0 amide bonds. The lowest BCUT2D eigenvalue weighted by molar-refractivity contribution is -0.155. The highest BCUT2D eigenvalue weighted by molar-refractivity contribution is 5.72. The van der Waals surface area contributed by atoms with Gasteiger partial charge in [0.25, 0.3) is 0 Å². The minimum absolute atomic E-state index is 0.0734. The molecular formula is C35H52O2. The maximum absolute atomic E-state index is 12.8. The molecule has 0 aromatic heterocycles. The summed E-state index contributed by atoms with van der Waals surface area (Å²) in [6.45, 7) is 14.5. The first kappa shape index (κ1) is 27.0. The van der Waals surface area contributed by atoms with E-state index in [4.69, 9.17) is 4.74 Å². The van der Waals surface area contributed by atoms with Gasteiger partial charge in [0, 0.05) is 6.42 Å². The van der Waals surface area contributed by atoms with Crippen molar-refractivity contribution >= 4 is 5.97 Å². The summed E-state index contributed by atoms with van der Waals surface area (Å²) in [5.41, 5.74) is 8.30. The number of rotatable bonds is 6. The molecule has 37 heavy (non-hydrogen) atoms. The number of hydrogen-bond acceptors (Lipinski definition) is 2. The van der Waals surface area contributed by atoms with Gasteiger partial charge in [-0.3, -0.25) is 4.79 Å². The molecule has 2 heteroatoms. The second-order valence-electron chi connectivity index (χ2n) is 13.9. The normalized spacial score (nSPS) is 31.6. The van der Waals surface area contributed by atoms with Gasteiger partial charge in [-0.25, -0.2) is 0 Å². The van der Waals surface area contributed by atoms with Gasteiger partial charge in [0.1, 0.15) is 6.10 Å². The van der Waals surface area contributed by atoms with Gasteiger partial charge < -0.3 is 4.74 Å². The number of fused-ring (bicyclic) bond motifs is 4. The number of allylic oxidation sites excluding steroid dienone is 2. The summed E-state index contributed by atoms with van der Waals surface area (Å²) in [5, 5.41) is 0. The first-order valence-corrected chi connectivity index (χ1v) is 15.7. The molecule has 1 unspecified atom stereocenters. The van der Waals surface area contributed by atoms with Crippen LogP contribution in [0.3, 0.4) is 0 Å². The maximum atomic E-state index is 12.8. The summed E-state index contributed by atoms with van der Waals surface area (Å²) in [6, 6.07) is 2.61. The van der Waals surface area contributed by atoms with Gasteiger partial charge >= 0.3 is 5.97 Å². The Kier molecular flexibility index (Phi) is 7.95. The standard InChI is InChI=1S/C35H52O2/c1-22(2)23(3)12-13-24(4)32-16-17-33-31-20-27-14-15-28(37-34(36)26-10-8-7-9-11-26)21-30(27)25(5)29(31)18-19-35(32,33)6/h12-13,20,22-24,26,28,32-33H,7-11,14-19,21H2,1-6H3/b13-12+/t23-,24+,28?,32+,33-,35+/m0/s1. The summed E-state index contributed by atoms with van der Waals surface area (Å²) in [5.74, 6) is 3.73. The van der Waals surface area contributed by atoms with Crippen LogP contribution in [-0.4, -0.2) is 12.1 Å². The summed E-state index contributed by atoms with van der Waals surface area (Å²) in [7, 11) is 0. The van der Waals surface area contributed by atoms with Gasteiger partial charge in [-0.15, -0.1) is 0 Å². The topological polar surface area (TPSA) is 26.3 Å². The lowest BCUT2D eigenvalue weighted by Crippen LogP contribution is -2.36. The van der Waals surface area contributed by atoms with Crippen LogP contribution in [0.5, 0.6) is 0 Å².